The van der Waals surface area contributed by atoms with E-state index in [2.05, 4.69) is 4.74 Å². The summed E-state index contributed by atoms with van der Waals surface area (Å²) < 4.78 is 239. The predicted molar refractivity (Wildman–Crippen MR) is 133 cm³/mol. The molecule has 48 heavy (non-hydrogen) atoms. The van der Waals surface area contributed by atoms with Gasteiger partial charge in [-0.15, -0.1) is 0 Å². The molecule has 0 amide bonds. The third kappa shape index (κ3) is 7.57. The lowest BCUT2D eigenvalue weighted by atomic mass is 9.59. The Morgan fingerprint density at radius 1 is 0.521 bits per heavy atom. The van der Waals surface area contributed by atoms with E-state index in [1.165, 1.54) is 34.6 Å². The summed E-state index contributed by atoms with van der Waals surface area (Å²) >= 11 is 0. The summed E-state index contributed by atoms with van der Waals surface area (Å²) in [5, 5.41) is 0. The number of carbonyl (C=O) groups excluding carboxylic acids is 2. The van der Waals surface area contributed by atoms with Crippen molar-refractivity contribution in [3.8, 4) is 0 Å². The first-order valence-electron chi connectivity index (χ1n) is 13.6. The Hall–Kier alpha value is -2.25. The van der Waals surface area contributed by atoms with Crippen LogP contribution in [0.3, 0.4) is 0 Å². The second kappa shape index (κ2) is 12.8. The second-order valence-corrected chi connectivity index (χ2v) is 13.7. The van der Waals surface area contributed by atoms with Crippen LogP contribution in [0.5, 0.6) is 0 Å². The van der Waals surface area contributed by atoms with Crippen molar-refractivity contribution in [1.82, 2.24) is 0 Å². The highest BCUT2D eigenvalue weighted by Gasteiger charge is 2.95. The Labute approximate surface area is 264 Å². The average molecular weight is 747 g/mol. The molecule has 0 rings (SSSR count). The predicted octanol–water partition coefficient (Wildman–Crippen LogP) is 10.1. The van der Waals surface area contributed by atoms with Crippen LogP contribution in [0, 0.1) is 16.2 Å². The largest absolute Gasteiger partial charge is 0.465 e. The molecule has 0 saturated carbocycles. The van der Waals surface area contributed by atoms with E-state index >= 15 is 0 Å². The Kier molecular flexibility index (Phi) is 12.2. The first-order valence-corrected chi connectivity index (χ1v) is 13.6. The molecule has 0 aliphatic carbocycles. The summed E-state index contributed by atoms with van der Waals surface area (Å²) in [4.78, 5) is 25.6. The topological polar surface area (TPSA) is 52.6 Å². The summed E-state index contributed by atoms with van der Waals surface area (Å²) in [5.41, 5.74) is -5.46. The first kappa shape index (κ1) is 45.8. The summed E-state index contributed by atoms with van der Waals surface area (Å²) in [6.45, 7) is 10.7. The van der Waals surface area contributed by atoms with Crippen molar-refractivity contribution < 1.29 is 93.7 Å². The number of rotatable bonds is 15. The van der Waals surface area contributed by atoms with Gasteiger partial charge in [-0.05, 0) is 59.8 Å². The van der Waals surface area contributed by atoms with Crippen LogP contribution in [0.1, 0.15) is 81.6 Å². The van der Waals surface area contributed by atoms with E-state index in [1.807, 2.05) is 0 Å². The number of hydrogen-bond donors (Lipinski definition) is 0. The summed E-state index contributed by atoms with van der Waals surface area (Å²) in [6.07, 6.45) is -11.2. The standard InChI is InChI=1S/C27H35F17O4/c1-10-19(9,18(7,8)13-17(5,6)14(45)48-16(2,3)4)15(46)47-12-11-20(28,29)21(30,31)22(32,33)23(34,35)24(36,37)25(38,39)26(40,41)27(42,43)44/h10-13H2,1-9H3. The summed E-state index contributed by atoms with van der Waals surface area (Å²) in [7, 11) is 0. The highest BCUT2D eigenvalue weighted by Crippen LogP contribution is 2.64. The third-order valence-corrected chi connectivity index (χ3v) is 7.92. The Morgan fingerprint density at radius 2 is 0.875 bits per heavy atom. The van der Waals surface area contributed by atoms with E-state index in [0.717, 1.165) is 6.92 Å². The van der Waals surface area contributed by atoms with Gasteiger partial charge in [0, 0.05) is 0 Å². The van der Waals surface area contributed by atoms with E-state index < -0.39 is 94.4 Å². The maximum atomic E-state index is 14.3. The lowest BCUT2D eigenvalue weighted by molar-refractivity contribution is -0.461. The van der Waals surface area contributed by atoms with Crippen LogP contribution < -0.4 is 0 Å². The molecule has 0 aromatic rings. The fourth-order valence-electron chi connectivity index (χ4n) is 4.47. The molecule has 0 radical (unpaired) electrons. The number of esters is 2. The molecule has 0 saturated heterocycles. The molecule has 4 nitrogen and oxygen atoms in total. The van der Waals surface area contributed by atoms with Crippen molar-refractivity contribution in [3.05, 3.63) is 0 Å². The molecule has 1 unspecified atom stereocenters. The van der Waals surface area contributed by atoms with Crippen LogP contribution in [0.2, 0.25) is 0 Å². The van der Waals surface area contributed by atoms with Crippen LogP contribution in [0.4, 0.5) is 74.6 Å². The molecule has 0 bridgehead atoms. The van der Waals surface area contributed by atoms with Crippen molar-refractivity contribution in [2.75, 3.05) is 6.61 Å². The van der Waals surface area contributed by atoms with E-state index in [9.17, 15) is 84.2 Å². The van der Waals surface area contributed by atoms with Gasteiger partial charge in [-0.1, -0.05) is 20.8 Å². The molecule has 1 atom stereocenters. The summed E-state index contributed by atoms with van der Waals surface area (Å²) in [5.74, 6) is -59.5. The van der Waals surface area contributed by atoms with Gasteiger partial charge in [0.25, 0.3) is 0 Å². The average Bonchev–Trinajstić information content (AvgIpc) is 2.84. The van der Waals surface area contributed by atoms with Crippen molar-refractivity contribution in [1.29, 1.82) is 0 Å². The molecule has 0 fully saturated rings. The number of alkyl halides is 17. The zero-order valence-corrected chi connectivity index (χ0v) is 26.9. The van der Waals surface area contributed by atoms with Gasteiger partial charge in [-0.2, -0.15) is 74.6 Å². The minimum atomic E-state index is -8.73. The first-order chi connectivity index (χ1) is 20.5. The van der Waals surface area contributed by atoms with Crippen molar-refractivity contribution in [3.63, 3.8) is 0 Å². The Balaban J connectivity index is 6.31. The van der Waals surface area contributed by atoms with Gasteiger partial charge in [0.15, 0.2) is 0 Å². The second-order valence-electron chi connectivity index (χ2n) is 13.7. The molecule has 0 aromatic carbocycles. The minimum Gasteiger partial charge on any atom is -0.465 e. The molecule has 0 aliphatic rings. The minimum absolute atomic E-state index is 0.198. The number of ether oxygens (including phenoxy) is 2. The van der Waals surface area contributed by atoms with Crippen LogP contribution >= 0.6 is 0 Å². The molecule has 0 spiro atoms. The zero-order valence-electron chi connectivity index (χ0n) is 26.9. The van der Waals surface area contributed by atoms with Gasteiger partial charge in [0.1, 0.15) is 5.60 Å². The maximum absolute atomic E-state index is 14.3. The van der Waals surface area contributed by atoms with E-state index in [1.54, 1.807) is 20.8 Å². The monoisotopic (exact) mass is 746 g/mol. The summed E-state index contributed by atoms with van der Waals surface area (Å²) in [6, 6.07) is 0. The van der Waals surface area contributed by atoms with Gasteiger partial charge >= 0.3 is 59.6 Å². The highest BCUT2D eigenvalue weighted by molar-refractivity contribution is 5.79. The van der Waals surface area contributed by atoms with Crippen molar-refractivity contribution in [2.45, 2.75) is 135 Å². The fraction of sp³-hybridized carbons (Fsp3) is 0.926. The lowest BCUT2D eigenvalue weighted by Crippen LogP contribution is -2.74. The fourth-order valence-corrected chi connectivity index (χ4v) is 4.47. The van der Waals surface area contributed by atoms with Crippen LogP contribution in [0.15, 0.2) is 0 Å². The molecule has 0 heterocycles. The number of carbonyl (C=O) groups is 2. The van der Waals surface area contributed by atoms with Gasteiger partial charge in [-0.3, -0.25) is 9.59 Å². The van der Waals surface area contributed by atoms with Gasteiger partial charge in [0.05, 0.1) is 23.9 Å². The molecule has 0 aliphatic heterocycles. The number of halogens is 17. The lowest BCUT2D eigenvalue weighted by Gasteiger charge is -2.45. The molecular formula is C27H35F17O4. The smallest absolute Gasteiger partial charge is 0.460 e. The number of hydrogen-bond acceptors (Lipinski definition) is 4. The maximum Gasteiger partial charge on any atom is 0.460 e. The van der Waals surface area contributed by atoms with Crippen molar-refractivity contribution >= 4 is 11.9 Å². The van der Waals surface area contributed by atoms with E-state index in [4.69, 9.17) is 4.74 Å². The zero-order chi connectivity index (χ0) is 39.4. The molecular weight excluding hydrogens is 711 g/mol. The van der Waals surface area contributed by atoms with Crippen molar-refractivity contribution in [2.24, 2.45) is 16.2 Å². The van der Waals surface area contributed by atoms with E-state index in [-0.39, 0.29) is 12.8 Å². The van der Waals surface area contributed by atoms with Gasteiger partial charge < -0.3 is 9.47 Å². The highest BCUT2D eigenvalue weighted by atomic mass is 19.4. The molecule has 286 valence electrons. The Morgan fingerprint density at radius 3 is 1.21 bits per heavy atom. The quantitative estimate of drug-likeness (QED) is 0.124. The third-order valence-electron chi connectivity index (χ3n) is 7.92. The van der Waals surface area contributed by atoms with Crippen LogP contribution in [0.25, 0.3) is 0 Å². The molecule has 21 heteroatoms. The Bertz CT molecular complexity index is 1170. The van der Waals surface area contributed by atoms with Crippen LogP contribution in [-0.2, 0) is 19.1 Å². The molecule has 0 aromatic heterocycles. The SMILES string of the molecule is CCC(C)(C(=O)OCCC(F)(F)C(F)(F)C(F)(F)C(F)(F)C(F)(F)C(F)(F)C(F)(F)C(F)(F)F)C(C)(C)CC(C)(C)C(=O)OC(C)(C)C. The van der Waals surface area contributed by atoms with Crippen LogP contribution in [-0.4, -0.2) is 71.8 Å². The van der Waals surface area contributed by atoms with Gasteiger partial charge in [-0.25, -0.2) is 0 Å². The van der Waals surface area contributed by atoms with E-state index in [0.29, 0.717) is 0 Å². The molecule has 0 N–H and O–H groups in total. The normalized spacial score (nSPS) is 16.8. The van der Waals surface area contributed by atoms with Gasteiger partial charge in [0.2, 0.25) is 0 Å².